The summed E-state index contributed by atoms with van der Waals surface area (Å²) in [6, 6.07) is 0. The molecule has 0 heterocycles. The van der Waals surface area contributed by atoms with E-state index >= 15 is 0 Å². The smallest absolute Gasteiger partial charge is 1.00 e. The standard InChI is InChI=1S/4FH.K.Ti.H/h4*1H;;;/q;;;;+1;;-1. The van der Waals surface area contributed by atoms with Gasteiger partial charge in [-0.25, -0.2) is 0 Å². The van der Waals surface area contributed by atoms with E-state index in [0.717, 1.165) is 0 Å². The molecule has 0 aromatic rings. The van der Waals surface area contributed by atoms with Crippen LogP contribution in [0.5, 0.6) is 0 Å². The monoisotopic (exact) mass is 168 g/mol. The molecule has 0 aliphatic carbocycles. The van der Waals surface area contributed by atoms with Crippen molar-refractivity contribution >= 4 is 0 Å². The van der Waals surface area contributed by atoms with Gasteiger partial charge < -0.3 is 1.43 Å². The SMILES string of the molecule is F.F.F.F.[H-].[K+].[Ti]. The molecule has 0 unspecified atom stereocenters. The van der Waals surface area contributed by atoms with Crippen molar-refractivity contribution in [3.05, 3.63) is 0 Å². The maximum absolute atomic E-state index is 0. The predicted octanol–water partition coefficient (Wildman–Crippen LogP) is -2.28. The van der Waals surface area contributed by atoms with Gasteiger partial charge in [-0.05, 0) is 0 Å². The Labute approximate surface area is 91.7 Å². The minimum Gasteiger partial charge on any atom is -1.00 e. The summed E-state index contributed by atoms with van der Waals surface area (Å²) in [4.78, 5) is 0. The van der Waals surface area contributed by atoms with Crippen molar-refractivity contribution in [3.8, 4) is 0 Å². The average Bonchev–Trinajstić information content (AvgIpc) is 0. The normalized spacial score (nSPS) is 0. The fourth-order valence-corrected chi connectivity index (χ4v) is 0. The van der Waals surface area contributed by atoms with Crippen LogP contribution in [0.3, 0.4) is 0 Å². The van der Waals surface area contributed by atoms with Crippen LogP contribution < -0.4 is 51.4 Å². The molecule has 0 saturated carbocycles. The quantitative estimate of drug-likeness (QED) is 0.282. The zero-order valence-corrected chi connectivity index (χ0v) is 7.82. The Morgan fingerprint density at radius 2 is 0.667 bits per heavy atom. The Hall–Kier alpha value is 2.07. The second-order valence-corrected chi connectivity index (χ2v) is 0. The molecule has 0 spiro atoms. The van der Waals surface area contributed by atoms with Crippen LogP contribution in [-0.2, 0) is 21.7 Å². The molecular weight excluding hydrogens is 163 g/mol. The molecule has 0 fully saturated rings. The summed E-state index contributed by atoms with van der Waals surface area (Å²) in [5.74, 6) is 0. The van der Waals surface area contributed by atoms with Crippen molar-refractivity contribution in [1.82, 2.24) is 0 Å². The van der Waals surface area contributed by atoms with Gasteiger partial charge in [-0.2, -0.15) is 0 Å². The Kier molecular flexibility index (Phi) is 953. The zero-order chi connectivity index (χ0) is 0. The van der Waals surface area contributed by atoms with Crippen LogP contribution in [0, 0.1) is 0 Å². The van der Waals surface area contributed by atoms with Crippen molar-refractivity contribution in [3.63, 3.8) is 0 Å². The molecule has 0 aromatic carbocycles. The maximum atomic E-state index is 0. The Balaban J connectivity index is 0. The van der Waals surface area contributed by atoms with Crippen LogP contribution in [0.15, 0.2) is 0 Å². The van der Waals surface area contributed by atoms with Crippen molar-refractivity contribution in [1.29, 1.82) is 0 Å². The molecule has 0 aliphatic rings. The van der Waals surface area contributed by atoms with Crippen molar-refractivity contribution < 1.29 is 93.3 Å². The van der Waals surface area contributed by atoms with Crippen molar-refractivity contribution in [2.24, 2.45) is 0 Å². The third kappa shape index (κ3) is 36.4. The molecule has 0 saturated heterocycles. The first-order valence-electron chi connectivity index (χ1n) is 0. The Morgan fingerprint density at radius 3 is 0.667 bits per heavy atom. The predicted molar refractivity (Wildman–Crippen MR) is 11.1 cm³/mol. The van der Waals surface area contributed by atoms with E-state index in [1.807, 2.05) is 0 Å². The molecule has 0 N–H and O–H groups in total. The maximum Gasteiger partial charge on any atom is 1.00 e. The molecule has 0 radical (unpaired) electrons. The molecular formula is H5F4KTi. The zero-order valence-electron chi connectivity index (χ0n) is 4.13. The van der Waals surface area contributed by atoms with E-state index in [1.165, 1.54) is 0 Å². The molecule has 0 amide bonds. The van der Waals surface area contributed by atoms with Gasteiger partial charge in [0.15, 0.2) is 0 Å². The summed E-state index contributed by atoms with van der Waals surface area (Å²) >= 11 is 0. The first-order valence-corrected chi connectivity index (χ1v) is 0. The molecule has 38 valence electrons. The summed E-state index contributed by atoms with van der Waals surface area (Å²) < 4.78 is 0. The van der Waals surface area contributed by atoms with Gasteiger partial charge >= 0.3 is 51.4 Å². The summed E-state index contributed by atoms with van der Waals surface area (Å²) in [7, 11) is 0. The van der Waals surface area contributed by atoms with Gasteiger partial charge in [0.2, 0.25) is 0 Å². The van der Waals surface area contributed by atoms with Gasteiger partial charge in [-0.1, -0.05) is 0 Å². The van der Waals surface area contributed by atoms with E-state index in [9.17, 15) is 0 Å². The molecule has 0 rings (SSSR count). The fraction of sp³-hybridized carbons (Fsp3) is 0. The molecule has 6 heavy (non-hydrogen) atoms. The van der Waals surface area contributed by atoms with Gasteiger partial charge in [-0.3, -0.25) is 18.8 Å². The molecule has 0 aliphatic heterocycles. The summed E-state index contributed by atoms with van der Waals surface area (Å²) in [5, 5.41) is 0. The first kappa shape index (κ1) is 94.1. The second kappa shape index (κ2) is 60.8. The summed E-state index contributed by atoms with van der Waals surface area (Å²) in [5.41, 5.74) is 0. The van der Waals surface area contributed by atoms with Gasteiger partial charge in [0, 0.05) is 21.7 Å². The van der Waals surface area contributed by atoms with Gasteiger partial charge in [0.05, 0.1) is 0 Å². The van der Waals surface area contributed by atoms with E-state index in [2.05, 4.69) is 0 Å². The number of halogens is 4. The summed E-state index contributed by atoms with van der Waals surface area (Å²) in [6.07, 6.45) is 0. The fourth-order valence-electron chi connectivity index (χ4n) is 0. The molecule has 0 bridgehead atoms. The van der Waals surface area contributed by atoms with Crippen LogP contribution >= 0.6 is 0 Å². The van der Waals surface area contributed by atoms with E-state index < -0.39 is 0 Å². The van der Waals surface area contributed by atoms with Crippen LogP contribution in [0.2, 0.25) is 0 Å². The largest absolute Gasteiger partial charge is 1.00 e. The topological polar surface area (TPSA) is 0 Å². The average molecular weight is 168 g/mol. The number of rotatable bonds is 0. The molecule has 0 aromatic heterocycles. The van der Waals surface area contributed by atoms with E-state index in [0.29, 0.717) is 0 Å². The van der Waals surface area contributed by atoms with Crippen molar-refractivity contribution in [2.75, 3.05) is 0 Å². The van der Waals surface area contributed by atoms with Crippen molar-refractivity contribution in [2.45, 2.75) is 0 Å². The van der Waals surface area contributed by atoms with Gasteiger partial charge in [0.25, 0.3) is 0 Å². The van der Waals surface area contributed by atoms with Crippen LogP contribution in [0.25, 0.3) is 0 Å². The molecule has 6 heteroatoms. The van der Waals surface area contributed by atoms with Crippen LogP contribution in [0.4, 0.5) is 18.8 Å². The minimum absolute atomic E-state index is 0. The number of hydrogen-bond donors (Lipinski definition) is 0. The van der Waals surface area contributed by atoms with Gasteiger partial charge in [0.1, 0.15) is 0 Å². The van der Waals surface area contributed by atoms with Crippen LogP contribution in [0.1, 0.15) is 1.43 Å². The summed E-state index contributed by atoms with van der Waals surface area (Å²) in [6.45, 7) is 0. The van der Waals surface area contributed by atoms with Gasteiger partial charge in [-0.15, -0.1) is 0 Å². The van der Waals surface area contributed by atoms with E-state index in [-0.39, 0.29) is 93.3 Å². The Morgan fingerprint density at radius 1 is 0.667 bits per heavy atom. The Bertz CT molecular complexity index is 11.7. The van der Waals surface area contributed by atoms with E-state index in [4.69, 9.17) is 0 Å². The van der Waals surface area contributed by atoms with E-state index in [1.54, 1.807) is 0 Å². The third-order valence-corrected chi connectivity index (χ3v) is 0. The molecule has 0 nitrogen and oxygen atoms in total. The number of hydrogen-bond acceptors (Lipinski definition) is 0. The third-order valence-electron chi connectivity index (χ3n) is 0. The van der Waals surface area contributed by atoms with Crippen LogP contribution in [-0.4, -0.2) is 0 Å². The first-order chi connectivity index (χ1) is 0. The second-order valence-electron chi connectivity index (χ2n) is 0. The minimum atomic E-state index is 0. The molecule has 0 atom stereocenters.